The van der Waals surface area contributed by atoms with Gasteiger partial charge in [0.2, 0.25) is 0 Å². The molecule has 0 spiro atoms. The van der Waals surface area contributed by atoms with Crippen LogP contribution in [0.3, 0.4) is 0 Å². The Bertz CT molecular complexity index is 524. The summed E-state index contributed by atoms with van der Waals surface area (Å²) in [6.07, 6.45) is 3.75. The maximum atomic E-state index is 12.1. The monoisotopic (exact) mass is 272 g/mol. The number of carbonyl (C=O) groups excluding carboxylic acids is 1. The van der Waals surface area contributed by atoms with Gasteiger partial charge in [0.25, 0.3) is 0 Å². The molecule has 1 aliphatic rings. The Morgan fingerprint density at radius 1 is 1.55 bits per heavy atom. The molecule has 106 valence electrons. The van der Waals surface area contributed by atoms with Gasteiger partial charge in [-0.25, -0.2) is 9.78 Å². The topological polar surface area (TPSA) is 71.2 Å². The molecule has 1 aromatic rings. The third-order valence-corrected chi connectivity index (χ3v) is 3.40. The first kappa shape index (κ1) is 14.4. The SMILES string of the molecule is CC1CCN(C(=O)Nc2cc(C#CCN)ccn2)CC1. The van der Waals surface area contributed by atoms with Gasteiger partial charge in [-0.05, 0) is 30.9 Å². The number of nitrogens with zero attached hydrogens (tertiary/aromatic N) is 2. The minimum atomic E-state index is -0.0895. The average Bonchev–Trinajstić information content (AvgIpc) is 2.46. The first-order valence-electron chi connectivity index (χ1n) is 6.90. The van der Waals surface area contributed by atoms with Crippen LogP contribution < -0.4 is 11.1 Å². The van der Waals surface area contributed by atoms with Crippen molar-refractivity contribution in [3.8, 4) is 11.8 Å². The molecule has 0 aromatic carbocycles. The van der Waals surface area contributed by atoms with Crippen molar-refractivity contribution in [1.29, 1.82) is 0 Å². The molecule has 1 aromatic heterocycles. The maximum Gasteiger partial charge on any atom is 0.323 e. The van der Waals surface area contributed by atoms with Crippen LogP contribution >= 0.6 is 0 Å². The van der Waals surface area contributed by atoms with E-state index in [9.17, 15) is 4.79 Å². The Kier molecular flexibility index (Phi) is 4.97. The molecule has 0 bridgehead atoms. The van der Waals surface area contributed by atoms with Gasteiger partial charge in [-0.15, -0.1) is 0 Å². The highest BCUT2D eigenvalue weighted by atomic mass is 16.2. The number of amides is 2. The summed E-state index contributed by atoms with van der Waals surface area (Å²) < 4.78 is 0. The van der Waals surface area contributed by atoms with Gasteiger partial charge >= 0.3 is 6.03 Å². The number of nitrogens with two attached hydrogens (primary N) is 1. The number of carbonyl (C=O) groups is 1. The van der Waals surface area contributed by atoms with Gasteiger partial charge in [-0.3, -0.25) is 5.32 Å². The van der Waals surface area contributed by atoms with Crippen molar-refractivity contribution in [3.63, 3.8) is 0 Å². The summed E-state index contributed by atoms with van der Waals surface area (Å²) in [7, 11) is 0. The van der Waals surface area contributed by atoms with Crippen LogP contribution in [0, 0.1) is 17.8 Å². The number of aromatic nitrogens is 1. The highest BCUT2D eigenvalue weighted by Crippen LogP contribution is 2.17. The molecule has 2 heterocycles. The van der Waals surface area contributed by atoms with Crippen molar-refractivity contribution in [2.24, 2.45) is 11.7 Å². The summed E-state index contributed by atoms with van der Waals surface area (Å²) in [4.78, 5) is 18.1. The Morgan fingerprint density at radius 2 is 2.30 bits per heavy atom. The van der Waals surface area contributed by atoms with Gasteiger partial charge in [0.1, 0.15) is 5.82 Å². The van der Waals surface area contributed by atoms with Crippen LogP contribution in [-0.2, 0) is 0 Å². The largest absolute Gasteiger partial charge is 0.324 e. The first-order valence-corrected chi connectivity index (χ1v) is 6.90. The standard InChI is InChI=1S/C15H20N4O/c1-12-5-9-19(10-6-12)15(20)18-14-11-13(3-2-7-16)4-8-17-14/h4,8,11-12H,5-7,9-10,16H2,1H3,(H,17,18,20). The number of hydrogen-bond acceptors (Lipinski definition) is 3. The molecule has 2 amide bonds. The van der Waals surface area contributed by atoms with Crippen molar-refractivity contribution >= 4 is 11.8 Å². The zero-order valence-corrected chi connectivity index (χ0v) is 11.7. The maximum absolute atomic E-state index is 12.1. The van der Waals surface area contributed by atoms with E-state index >= 15 is 0 Å². The van der Waals surface area contributed by atoms with Gasteiger partial charge in [0.05, 0.1) is 6.54 Å². The highest BCUT2D eigenvalue weighted by molar-refractivity contribution is 5.88. The number of hydrogen-bond donors (Lipinski definition) is 2. The van der Waals surface area contributed by atoms with E-state index in [1.165, 1.54) is 0 Å². The number of urea groups is 1. The van der Waals surface area contributed by atoms with Gasteiger partial charge in [-0.2, -0.15) is 0 Å². The molecule has 1 saturated heterocycles. The van der Waals surface area contributed by atoms with Crippen LogP contribution in [0.15, 0.2) is 18.3 Å². The second-order valence-corrected chi connectivity index (χ2v) is 5.04. The third kappa shape index (κ3) is 3.97. The molecule has 1 fully saturated rings. The second-order valence-electron chi connectivity index (χ2n) is 5.04. The van der Waals surface area contributed by atoms with E-state index in [1.807, 2.05) is 4.90 Å². The minimum absolute atomic E-state index is 0.0895. The predicted octanol–water partition coefficient (Wildman–Crippen LogP) is 1.66. The number of anilines is 1. The van der Waals surface area contributed by atoms with E-state index < -0.39 is 0 Å². The molecule has 2 rings (SSSR count). The van der Waals surface area contributed by atoms with Crippen LogP contribution in [0.5, 0.6) is 0 Å². The normalized spacial score (nSPS) is 15.4. The Labute approximate surface area is 119 Å². The van der Waals surface area contributed by atoms with Crippen LogP contribution in [0.2, 0.25) is 0 Å². The average molecular weight is 272 g/mol. The summed E-state index contributed by atoms with van der Waals surface area (Å²) in [6, 6.07) is 3.46. The fourth-order valence-corrected chi connectivity index (χ4v) is 2.13. The molecule has 1 aliphatic heterocycles. The zero-order valence-electron chi connectivity index (χ0n) is 11.7. The van der Waals surface area contributed by atoms with E-state index in [2.05, 4.69) is 29.1 Å². The lowest BCUT2D eigenvalue weighted by atomic mass is 10.00. The predicted molar refractivity (Wildman–Crippen MR) is 79.2 cm³/mol. The molecule has 20 heavy (non-hydrogen) atoms. The lowest BCUT2D eigenvalue weighted by Gasteiger charge is -2.30. The van der Waals surface area contributed by atoms with Gasteiger partial charge in [0, 0.05) is 24.8 Å². The molecule has 0 aliphatic carbocycles. The van der Waals surface area contributed by atoms with Crippen molar-refractivity contribution in [3.05, 3.63) is 23.9 Å². The molecular weight excluding hydrogens is 252 g/mol. The Hall–Kier alpha value is -2.06. The summed E-state index contributed by atoms with van der Waals surface area (Å²) in [6.45, 7) is 4.14. The quantitative estimate of drug-likeness (QED) is 0.764. The molecule has 0 unspecified atom stereocenters. The lowest BCUT2D eigenvalue weighted by Crippen LogP contribution is -2.40. The smallest absolute Gasteiger partial charge is 0.323 e. The van der Waals surface area contributed by atoms with Gasteiger partial charge < -0.3 is 10.6 Å². The van der Waals surface area contributed by atoms with Gasteiger partial charge in [-0.1, -0.05) is 18.8 Å². The van der Waals surface area contributed by atoms with E-state index in [0.29, 0.717) is 18.3 Å². The van der Waals surface area contributed by atoms with Crippen LogP contribution in [0.1, 0.15) is 25.3 Å². The van der Waals surface area contributed by atoms with E-state index in [0.717, 1.165) is 31.5 Å². The summed E-state index contributed by atoms with van der Waals surface area (Å²) in [5.74, 6) is 6.93. The number of pyridine rings is 1. The minimum Gasteiger partial charge on any atom is -0.324 e. The number of piperidine rings is 1. The molecule has 0 radical (unpaired) electrons. The van der Waals surface area contributed by atoms with Crippen molar-refractivity contribution in [1.82, 2.24) is 9.88 Å². The van der Waals surface area contributed by atoms with Crippen molar-refractivity contribution in [2.45, 2.75) is 19.8 Å². The van der Waals surface area contributed by atoms with Crippen molar-refractivity contribution in [2.75, 3.05) is 25.0 Å². The van der Waals surface area contributed by atoms with E-state index in [1.54, 1.807) is 18.3 Å². The fraction of sp³-hybridized carbons (Fsp3) is 0.467. The Balaban J connectivity index is 1.97. The van der Waals surface area contributed by atoms with E-state index in [-0.39, 0.29) is 6.03 Å². The third-order valence-electron chi connectivity index (χ3n) is 3.40. The number of rotatable bonds is 1. The zero-order chi connectivity index (χ0) is 14.4. The lowest BCUT2D eigenvalue weighted by molar-refractivity contribution is 0.186. The fourth-order valence-electron chi connectivity index (χ4n) is 2.13. The summed E-state index contributed by atoms with van der Waals surface area (Å²) >= 11 is 0. The highest BCUT2D eigenvalue weighted by Gasteiger charge is 2.20. The molecule has 3 N–H and O–H groups in total. The van der Waals surface area contributed by atoms with E-state index in [4.69, 9.17) is 5.73 Å². The Morgan fingerprint density at radius 3 is 3.00 bits per heavy atom. The van der Waals surface area contributed by atoms with Crippen LogP contribution in [0.4, 0.5) is 10.6 Å². The van der Waals surface area contributed by atoms with Crippen LogP contribution in [-0.4, -0.2) is 35.5 Å². The molecule has 5 heteroatoms. The number of likely N-dealkylation sites (tertiary alicyclic amines) is 1. The van der Waals surface area contributed by atoms with Gasteiger partial charge in [0.15, 0.2) is 0 Å². The first-order chi connectivity index (χ1) is 9.69. The summed E-state index contributed by atoms with van der Waals surface area (Å²) in [5.41, 5.74) is 6.14. The molecule has 5 nitrogen and oxygen atoms in total. The molecule has 0 atom stereocenters. The summed E-state index contributed by atoms with van der Waals surface area (Å²) in [5, 5.41) is 2.82. The van der Waals surface area contributed by atoms with Crippen LogP contribution in [0.25, 0.3) is 0 Å². The molecule has 0 saturated carbocycles. The second kappa shape index (κ2) is 6.92. The molecular formula is C15H20N4O. The van der Waals surface area contributed by atoms with Crippen molar-refractivity contribution < 1.29 is 4.79 Å². The number of nitrogens with one attached hydrogen (secondary N) is 1.